The van der Waals surface area contributed by atoms with Gasteiger partial charge >= 0.3 is 5.97 Å². The number of nitrogens with zero attached hydrogens (tertiary/aromatic N) is 2. The van der Waals surface area contributed by atoms with E-state index in [1.807, 2.05) is 6.92 Å². The van der Waals surface area contributed by atoms with Crippen molar-refractivity contribution < 1.29 is 19.1 Å². The Bertz CT molecular complexity index is 888. The van der Waals surface area contributed by atoms with Crippen LogP contribution >= 0.6 is 27.3 Å². The third kappa shape index (κ3) is 4.95. The van der Waals surface area contributed by atoms with E-state index in [9.17, 15) is 14.4 Å². The first-order chi connectivity index (χ1) is 12.6. The van der Waals surface area contributed by atoms with Crippen LogP contribution in [0.25, 0.3) is 0 Å². The lowest BCUT2D eigenvalue weighted by atomic mass is 10.1. The number of hydrogen-bond donors (Lipinski definition) is 2. The molecule has 10 heteroatoms. The molecule has 2 aromatic heterocycles. The lowest BCUT2D eigenvalue weighted by Gasteiger charge is -2.10. The normalized spacial score (nSPS) is 10.9. The van der Waals surface area contributed by atoms with Gasteiger partial charge in [-0.3, -0.25) is 14.3 Å². The van der Waals surface area contributed by atoms with Crippen molar-refractivity contribution >= 4 is 50.1 Å². The van der Waals surface area contributed by atoms with Crippen LogP contribution in [0.15, 0.2) is 10.7 Å². The number of rotatable bonds is 7. The number of ether oxygens (including phenoxy) is 1. The number of esters is 1. The van der Waals surface area contributed by atoms with E-state index in [-0.39, 0.29) is 33.9 Å². The number of primary amides is 1. The lowest BCUT2D eigenvalue weighted by Crippen LogP contribution is -2.18. The number of nitrogens with two attached hydrogens (primary N) is 1. The Hall–Kier alpha value is -2.20. The summed E-state index contributed by atoms with van der Waals surface area (Å²) in [5, 5.41) is 7.13. The zero-order valence-corrected chi connectivity index (χ0v) is 17.9. The summed E-state index contributed by atoms with van der Waals surface area (Å²) < 4.78 is 7.79. The minimum atomic E-state index is -0.659. The van der Waals surface area contributed by atoms with Crippen LogP contribution in [0.3, 0.4) is 0 Å². The Labute approximate surface area is 169 Å². The standard InChI is InChI=1S/C17H21BrN4O4S/c1-8(2)26-17(25)13-9(3)14(15(19)24)27-16(13)21-12(23)5-6-22-10(4)11(18)7-20-22/h7-8H,5-6H2,1-4H3,(H2,19,24)(H,21,23). The van der Waals surface area contributed by atoms with E-state index in [1.165, 1.54) is 0 Å². The number of nitrogens with one attached hydrogen (secondary N) is 1. The molecule has 3 N–H and O–H groups in total. The van der Waals surface area contributed by atoms with E-state index in [0.717, 1.165) is 21.5 Å². The summed E-state index contributed by atoms with van der Waals surface area (Å²) in [5.41, 5.74) is 6.85. The zero-order valence-electron chi connectivity index (χ0n) is 15.5. The number of hydrogen-bond acceptors (Lipinski definition) is 6. The molecule has 0 fully saturated rings. The maximum atomic E-state index is 12.4. The molecule has 2 aromatic rings. The molecule has 0 saturated carbocycles. The van der Waals surface area contributed by atoms with Crippen LogP contribution in [-0.4, -0.2) is 33.7 Å². The molecule has 0 atom stereocenters. The summed E-state index contributed by atoms with van der Waals surface area (Å²) in [6.45, 7) is 7.31. The van der Waals surface area contributed by atoms with Crippen molar-refractivity contribution in [1.82, 2.24) is 9.78 Å². The van der Waals surface area contributed by atoms with Crippen LogP contribution in [0, 0.1) is 13.8 Å². The first kappa shape index (κ1) is 21.1. The Morgan fingerprint density at radius 3 is 2.56 bits per heavy atom. The Kier molecular flexibility index (Phi) is 6.77. The fourth-order valence-electron chi connectivity index (χ4n) is 2.40. The SMILES string of the molecule is Cc1c(C(N)=O)sc(NC(=O)CCn2ncc(Br)c2C)c1C(=O)OC(C)C. The second-order valence-electron chi connectivity index (χ2n) is 6.18. The van der Waals surface area contributed by atoms with Crippen molar-refractivity contribution in [2.45, 2.75) is 46.8 Å². The molecule has 2 heterocycles. The third-order valence-electron chi connectivity index (χ3n) is 3.76. The van der Waals surface area contributed by atoms with Gasteiger partial charge in [0, 0.05) is 12.1 Å². The predicted octanol–water partition coefficient (Wildman–Crippen LogP) is 3.02. The molecule has 0 spiro atoms. The highest BCUT2D eigenvalue weighted by atomic mass is 79.9. The van der Waals surface area contributed by atoms with Crippen molar-refractivity contribution in [2.24, 2.45) is 5.73 Å². The molecule has 0 radical (unpaired) electrons. The smallest absolute Gasteiger partial charge is 0.341 e. The van der Waals surface area contributed by atoms with Crippen LogP contribution in [0.1, 0.15) is 51.6 Å². The second-order valence-corrected chi connectivity index (χ2v) is 8.05. The van der Waals surface area contributed by atoms with Crippen molar-refractivity contribution in [1.29, 1.82) is 0 Å². The molecule has 0 saturated heterocycles. The van der Waals surface area contributed by atoms with Gasteiger partial charge in [-0.05, 0) is 49.2 Å². The maximum absolute atomic E-state index is 12.4. The van der Waals surface area contributed by atoms with E-state index in [4.69, 9.17) is 10.5 Å². The lowest BCUT2D eigenvalue weighted by molar-refractivity contribution is -0.116. The van der Waals surface area contributed by atoms with E-state index in [1.54, 1.807) is 31.6 Å². The van der Waals surface area contributed by atoms with Gasteiger partial charge in [-0.25, -0.2) is 4.79 Å². The summed E-state index contributed by atoms with van der Waals surface area (Å²) in [5.74, 6) is -1.57. The molecular formula is C17H21BrN4O4S. The number of thiophene rings is 1. The monoisotopic (exact) mass is 456 g/mol. The fourth-order valence-corrected chi connectivity index (χ4v) is 3.76. The van der Waals surface area contributed by atoms with Gasteiger partial charge in [-0.1, -0.05) is 0 Å². The maximum Gasteiger partial charge on any atom is 0.341 e. The first-order valence-corrected chi connectivity index (χ1v) is 9.84. The van der Waals surface area contributed by atoms with Gasteiger partial charge in [0.25, 0.3) is 5.91 Å². The summed E-state index contributed by atoms with van der Waals surface area (Å²) in [6.07, 6.45) is 1.48. The Balaban J connectivity index is 2.19. The quantitative estimate of drug-likeness (QED) is 0.620. The summed E-state index contributed by atoms with van der Waals surface area (Å²) in [7, 11) is 0. The van der Waals surface area contributed by atoms with Crippen molar-refractivity contribution in [3.63, 3.8) is 0 Å². The number of amides is 2. The summed E-state index contributed by atoms with van der Waals surface area (Å²) in [6, 6.07) is 0. The third-order valence-corrected chi connectivity index (χ3v) is 5.76. The topological polar surface area (TPSA) is 116 Å². The molecule has 0 aliphatic rings. The van der Waals surface area contributed by atoms with Crippen LogP contribution in [-0.2, 0) is 16.1 Å². The average molecular weight is 457 g/mol. The molecule has 2 amide bonds. The van der Waals surface area contributed by atoms with Crippen molar-refractivity contribution in [3.8, 4) is 0 Å². The highest BCUT2D eigenvalue weighted by Crippen LogP contribution is 2.33. The van der Waals surface area contributed by atoms with Gasteiger partial charge in [0.1, 0.15) is 5.00 Å². The molecule has 146 valence electrons. The van der Waals surface area contributed by atoms with Gasteiger partial charge in [0.05, 0.1) is 33.8 Å². The highest BCUT2D eigenvalue weighted by molar-refractivity contribution is 9.10. The number of aromatic nitrogens is 2. The molecule has 0 aliphatic heterocycles. The molecule has 27 heavy (non-hydrogen) atoms. The van der Waals surface area contributed by atoms with E-state index in [0.29, 0.717) is 12.1 Å². The first-order valence-electron chi connectivity index (χ1n) is 8.23. The number of carbonyl (C=O) groups excluding carboxylic acids is 3. The fraction of sp³-hybridized carbons (Fsp3) is 0.412. The van der Waals surface area contributed by atoms with E-state index < -0.39 is 11.9 Å². The second kappa shape index (κ2) is 8.66. The van der Waals surface area contributed by atoms with E-state index >= 15 is 0 Å². The molecule has 0 aliphatic carbocycles. The summed E-state index contributed by atoms with van der Waals surface area (Å²) in [4.78, 5) is 36.6. The van der Waals surface area contributed by atoms with Crippen molar-refractivity contribution in [3.05, 3.63) is 32.4 Å². The molecular weight excluding hydrogens is 436 g/mol. The number of aryl methyl sites for hydroxylation is 1. The molecule has 2 rings (SSSR count). The number of anilines is 1. The minimum absolute atomic E-state index is 0.149. The predicted molar refractivity (Wildman–Crippen MR) is 106 cm³/mol. The Morgan fingerprint density at radius 2 is 2.04 bits per heavy atom. The summed E-state index contributed by atoms with van der Waals surface area (Å²) >= 11 is 4.34. The van der Waals surface area contributed by atoms with Gasteiger partial charge in [0.15, 0.2) is 0 Å². The van der Waals surface area contributed by atoms with Gasteiger partial charge < -0.3 is 15.8 Å². The van der Waals surface area contributed by atoms with Crippen molar-refractivity contribution in [2.75, 3.05) is 5.32 Å². The zero-order chi connectivity index (χ0) is 20.3. The molecule has 0 bridgehead atoms. The largest absolute Gasteiger partial charge is 0.459 e. The molecule has 8 nitrogen and oxygen atoms in total. The van der Waals surface area contributed by atoms with Crippen LogP contribution in [0.2, 0.25) is 0 Å². The highest BCUT2D eigenvalue weighted by Gasteiger charge is 2.26. The van der Waals surface area contributed by atoms with E-state index in [2.05, 4.69) is 26.3 Å². The number of carbonyl (C=O) groups is 3. The minimum Gasteiger partial charge on any atom is -0.459 e. The molecule has 0 aromatic carbocycles. The van der Waals surface area contributed by atoms with Crippen LogP contribution < -0.4 is 11.1 Å². The van der Waals surface area contributed by atoms with Crippen LogP contribution in [0.5, 0.6) is 0 Å². The Morgan fingerprint density at radius 1 is 1.37 bits per heavy atom. The number of halogens is 1. The van der Waals surface area contributed by atoms with Gasteiger partial charge in [-0.2, -0.15) is 5.10 Å². The molecule has 0 unspecified atom stereocenters. The van der Waals surface area contributed by atoms with Crippen LogP contribution in [0.4, 0.5) is 5.00 Å². The van der Waals surface area contributed by atoms with Gasteiger partial charge in [0.2, 0.25) is 5.91 Å². The van der Waals surface area contributed by atoms with Gasteiger partial charge in [-0.15, -0.1) is 11.3 Å². The average Bonchev–Trinajstić information content (AvgIpc) is 3.05.